The molecule has 0 unspecified atom stereocenters. The lowest BCUT2D eigenvalue weighted by Gasteiger charge is -2.16. The number of aryl methyl sites for hydroxylation is 1. The summed E-state index contributed by atoms with van der Waals surface area (Å²) in [6.45, 7) is 6.41. The van der Waals surface area contributed by atoms with Gasteiger partial charge in [0.15, 0.2) is 0 Å². The van der Waals surface area contributed by atoms with E-state index in [1.807, 2.05) is 11.7 Å². The van der Waals surface area contributed by atoms with Crippen LogP contribution in [0.1, 0.15) is 37.4 Å². The van der Waals surface area contributed by atoms with Crippen molar-refractivity contribution < 1.29 is 5.11 Å². The van der Waals surface area contributed by atoms with Crippen LogP contribution in [0, 0.1) is 0 Å². The maximum absolute atomic E-state index is 8.79. The monoisotopic (exact) mass is 225 g/mol. The van der Waals surface area contributed by atoms with Gasteiger partial charge >= 0.3 is 0 Å². The van der Waals surface area contributed by atoms with Gasteiger partial charge in [-0.15, -0.1) is 0 Å². The van der Waals surface area contributed by atoms with Crippen LogP contribution in [0.3, 0.4) is 0 Å². The number of aromatic nitrogens is 2. The van der Waals surface area contributed by atoms with E-state index in [1.54, 1.807) is 0 Å². The topological polar surface area (TPSA) is 41.3 Å². The maximum Gasteiger partial charge on any atom is 0.0694 e. The molecule has 4 nitrogen and oxygen atoms in total. The Hall–Kier alpha value is -0.870. The van der Waals surface area contributed by atoms with E-state index in [-0.39, 0.29) is 6.61 Å². The van der Waals surface area contributed by atoms with E-state index in [2.05, 4.69) is 37.1 Å². The molecule has 0 radical (unpaired) electrons. The summed E-state index contributed by atoms with van der Waals surface area (Å²) < 4.78 is 1.88. The highest BCUT2D eigenvalue weighted by Crippen LogP contribution is 2.18. The molecule has 0 spiro atoms. The molecule has 16 heavy (non-hydrogen) atoms. The molecule has 0 atom stereocenters. The van der Waals surface area contributed by atoms with Gasteiger partial charge in [0, 0.05) is 38.5 Å². The molecule has 0 amide bonds. The standard InChI is InChI=1S/C12H23N3O/c1-10(2)12-11(9-15(4)13-12)8-14(3)6-5-7-16/h9-10,16H,5-8H2,1-4H3. The third kappa shape index (κ3) is 3.61. The van der Waals surface area contributed by atoms with Crippen LogP contribution in [0.5, 0.6) is 0 Å². The number of hydrogen-bond acceptors (Lipinski definition) is 3. The zero-order chi connectivity index (χ0) is 12.1. The summed E-state index contributed by atoms with van der Waals surface area (Å²) in [6.07, 6.45) is 2.92. The second-order valence-electron chi connectivity index (χ2n) is 4.68. The van der Waals surface area contributed by atoms with E-state index < -0.39 is 0 Å². The van der Waals surface area contributed by atoms with Crippen molar-refractivity contribution in [2.75, 3.05) is 20.2 Å². The molecule has 0 aromatic carbocycles. The highest BCUT2D eigenvalue weighted by molar-refractivity contribution is 5.19. The smallest absolute Gasteiger partial charge is 0.0694 e. The van der Waals surface area contributed by atoms with Gasteiger partial charge in [0.25, 0.3) is 0 Å². The Bertz CT molecular complexity index is 320. The van der Waals surface area contributed by atoms with Crippen molar-refractivity contribution in [1.29, 1.82) is 0 Å². The van der Waals surface area contributed by atoms with Crippen molar-refractivity contribution in [3.63, 3.8) is 0 Å². The predicted octanol–water partition coefficient (Wildman–Crippen LogP) is 1.36. The van der Waals surface area contributed by atoms with Crippen LogP contribution in [0.25, 0.3) is 0 Å². The van der Waals surface area contributed by atoms with Crippen molar-refractivity contribution >= 4 is 0 Å². The molecule has 0 bridgehead atoms. The molecule has 1 N–H and O–H groups in total. The number of rotatable bonds is 6. The molecule has 0 aliphatic carbocycles. The first-order valence-electron chi connectivity index (χ1n) is 5.86. The fraction of sp³-hybridized carbons (Fsp3) is 0.750. The molecular weight excluding hydrogens is 202 g/mol. The second kappa shape index (κ2) is 6.01. The van der Waals surface area contributed by atoms with Crippen LogP contribution >= 0.6 is 0 Å². The summed E-state index contributed by atoms with van der Waals surface area (Å²) >= 11 is 0. The van der Waals surface area contributed by atoms with Crippen molar-refractivity contribution in [2.24, 2.45) is 7.05 Å². The van der Waals surface area contributed by atoms with Gasteiger partial charge in [-0.3, -0.25) is 4.68 Å². The lowest BCUT2D eigenvalue weighted by atomic mass is 10.1. The Morgan fingerprint density at radius 1 is 1.50 bits per heavy atom. The number of hydrogen-bond donors (Lipinski definition) is 1. The molecule has 0 aliphatic rings. The van der Waals surface area contributed by atoms with Crippen LogP contribution < -0.4 is 0 Å². The molecule has 1 rings (SSSR count). The van der Waals surface area contributed by atoms with Crippen LogP contribution in [-0.4, -0.2) is 40.0 Å². The van der Waals surface area contributed by atoms with E-state index in [9.17, 15) is 0 Å². The van der Waals surface area contributed by atoms with Gasteiger partial charge < -0.3 is 10.0 Å². The van der Waals surface area contributed by atoms with Gasteiger partial charge in [-0.2, -0.15) is 5.10 Å². The zero-order valence-corrected chi connectivity index (χ0v) is 10.8. The van der Waals surface area contributed by atoms with Crippen molar-refractivity contribution in [3.8, 4) is 0 Å². The quantitative estimate of drug-likeness (QED) is 0.794. The van der Waals surface area contributed by atoms with Gasteiger partial charge in [0.05, 0.1) is 5.69 Å². The second-order valence-corrected chi connectivity index (χ2v) is 4.68. The summed E-state index contributed by atoms with van der Waals surface area (Å²) in [5, 5.41) is 13.3. The molecule has 0 saturated carbocycles. The summed E-state index contributed by atoms with van der Waals surface area (Å²) in [6, 6.07) is 0. The normalized spacial score (nSPS) is 11.7. The van der Waals surface area contributed by atoms with Crippen molar-refractivity contribution in [3.05, 3.63) is 17.5 Å². The van der Waals surface area contributed by atoms with Crippen LogP contribution in [0.4, 0.5) is 0 Å². The predicted molar refractivity (Wildman–Crippen MR) is 65.3 cm³/mol. The fourth-order valence-corrected chi connectivity index (χ4v) is 1.87. The molecule has 4 heteroatoms. The SMILES string of the molecule is CC(C)c1nn(C)cc1CN(C)CCCO. The highest BCUT2D eigenvalue weighted by atomic mass is 16.3. The first-order valence-corrected chi connectivity index (χ1v) is 5.86. The fourth-order valence-electron chi connectivity index (χ4n) is 1.87. The molecule has 1 aromatic rings. The maximum atomic E-state index is 8.79. The third-order valence-electron chi connectivity index (χ3n) is 2.62. The lowest BCUT2D eigenvalue weighted by molar-refractivity contribution is 0.244. The van der Waals surface area contributed by atoms with E-state index in [1.165, 1.54) is 11.3 Å². The van der Waals surface area contributed by atoms with Gasteiger partial charge in [0.2, 0.25) is 0 Å². The van der Waals surface area contributed by atoms with E-state index in [0.717, 1.165) is 19.5 Å². The molecule has 1 heterocycles. The Labute approximate surface area is 97.9 Å². The van der Waals surface area contributed by atoms with Gasteiger partial charge in [-0.25, -0.2) is 0 Å². The Morgan fingerprint density at radius 3 is 2.75 bits per heavy atom. The molecule has 1 aromatic heterocycles. The average molecular weight is 225 g/mol. The minimum absolute atomic E-state index is 0.258. The van der Waals surface area contributed by atoms with Gasteiger partial charge in [-0.1, -0.05) is 13.8 Å². The molecule has 0 aliphatic heterocycles. The Balaban J connectivity index is 2.65. The zero-order valence-electron chi connectivity index (χ0n) is 10.8. The van der Waals surface area contributed by atoms with Crippen molar-refractivity contribution in [1.82, 2.24) is 14.7 Å². The minimum atomic E-state index is 0.258. The van der Waals surface area contributed by atoms with Gasteiger partial charge in [-0.05, 0) is 19.4 Å². The number of aliphatic hydroxyl groups is 1. The van der Waals surface area contributed by atoms with Crippen LogP contribution in [-0.2, 0) is 13.6 Å². The lowest BCUT2D eigenvalue weighted by Crippen LogP contribution is -2.20. The van der Waals surface area contributed by atoms with E-state index in [4.69, 9.17) is 5.11 Å². The van der Waals surface area contributed by atoms with Crippen LogP contribution in [0.15, 0.2) is 6.20 Å². The highest BCUT2D eigenvalue weighted by Gasteiger charge is 2.12. The molecular formula is C12H23N3O. The molecule has 92 valence electrons. The summed E-state index contributed by atoms with van der Waals surface area (Å²) in [5.41, 5.74) is 2.47. The Morgan fingerprint density at radius 2 is 2.19 bits per heavy atom. The van der Waals surface area contributed by atoms with Gasteiger partial charge in [0.1, 0.15) is 0 Å². The molecule has 0 fully saturated rings. The largest absolute Gasteiger partial charge is 0.396 e. The molecule has 0 saturated heterocycles. The van der Waals surface area contributed by atoms with Crippen molar-refractivity contribution in [2.45, 2.75) is 32.7 Å². The van der Waals surface area contributed by atoms with E-state index in [0.29, 0.717) is 5.92 Å². The first-order chi connectivity index (χ1) is 7.54. The summed E-state index contributed by atoms with van der Waals surface area (Å²) in [4.78, 5) is 2.22. The summed E-state index contributed by atoms with van der Waals surface area (Å²) in [5.74, 6) is 0.461. The number of nitrogens with zero attached hydrogens (tertiary/aromatic N) is 3. The van der Waals surface area contributed by atoms with E-state index >= 15 is 0 Å². The number of aliphatic hydroxyl groups excluding tert-OH is 1. The summed E-state index contributed by atoms with van der Waals surface area (Å²) in [7, 11) is 4.04. The third-order valence-corrected chi connectivity index (χ3v) is 2.62. The first kappa shape index (κ1) is 13.2. The minimum Gasteiger partial charge on any atom is -0.396 e. The Kier molecular flexibility index (Phi) is 4.96. The average Bonchev–Trinajstić information content (AvgIpc) is 2.56. The van der Waals surface area contributed by atoms with Crippen LogP contribution in [0.2, 0.25) is 0 Å².